The third kappa shape index (κ3) is 1.59. The van der Waals surface area contributed by atoms with Crippen molar-refractivity contribution >= 4 is 11.9 Å². The van der Waals surface area contributed by atoms with E-state index >= 15 is 0 Å². The Labute approximate surface area is 155 Å². The van der Waals surface area contributed by atoms with Crippen LogP contribution in [0, 0.1) is 16.7 Å². The van der Waals surface area contributed by atoms with Gasteiger partial charge in [-0.15, -0.1) is 0 Å². The molecule has 27 heavy (non-hydrogen) atoms. The summed E-state index contributed by atoms with van der Waals surface area (Å²) in [6.45, 7) is 3.94. The number of rotatable bonds is 1. The first-order valence-electron chi connectivity index (χ1n) is 9.33. The van der Waals surface area contributed by atoms with Crippen molar-refractivity contribution in [3.05, 3.63) is 35.8 Å². The van der Waals surface area contributed by atoms with Gasteiger partial charge in [-0.05, 0) is 18.9 Å². The summed E-state index contributed by atoms with van der Waals surface area (Å²) >= 11 is 0. The highest BCUT2D eigenvalue weighted by molar-refractivity contribution is 5.92. The van der Waals surface area contributed by atoms with Crippen LogP contribution in [-0.4, -0.2) is 41.0 Å². The fourth-order valence-corrected chi connectivity index (χ4v) is 6.40. The number of carbonyl (C=O) groups excluding carboxylic acids is 2. The van der Waals surface area contributed by atoms with Crippen LogP contribution in [0.3, 0.4) is 0 Å². The molecule has 1 unspecified atom stereocenters. The molecule has 1 N–H and O–H groups in total. The van der Waals surface area contributed by atoms with Crippen LogP contribution in [-0.2, 0) is 23.8 Å². The smallest absolute Gasteiger partial charge is 0.342 e. The molecule has 5 fully saturated rings. The summed E-state index contributed by atoms with van der Waals surface area (Å²) in [5, 5.41) is 11.4. The predicted molar refractivity (Wildman–Crippen MR) is 88.1 cm³/mol. The Morgan fingerprint density at radius 1 is 1.19 bits per heavy atom. The summed E-state index contributed by atoms with van der Waals surface area (Å²) in [6.07, 6.45) is 4.20. The van der Waals surface area contributed by atoms with Gasteiger partial charge in [-0.1, -0.05) is 19.9 Å². The largest absolute Gasteiger partial charge is 0.472 e. The van der Waals surface area contributed by atoms with Gasteiger partial charge in [-0.25, -0.2) is 9.59 Å². The minimum Gasteiger partial charge on any atom is -0.472 e. The van der Waals surface area contributed by atoms with Gasteiger partial charge in [0.15, 0.2) is 5.60 Å². The van der Waals surface area contributed by atoms with E-state index in [1.54, 1.807) is 18.6 Å². The molecule has 5 heterocycles. The lowest BCUT2D eigenvalue weighted by Crippen LogP contribution is -2.75. The van der Waals surface area contributed by atoms with E-state index in [0.29, 0.717) is 18.4 Å². The molecular weight excluding hydrogens is 352 g/mol. The Morgan fingerprint density at radius 3 is 2.74 bits per heavy atom. The molecule has 1 aromatic rings. The summed E-state index contributed by atoms with van der Waals surface area (Å²) in [5.74, 6) is -1.20. The Kier molecular flexibility index (Phi) is 2.63. The highest BCUT2D eigenvalue weighted by Gasteiger charge is 2.83. The maximum Gasteiger partial charge on any atom is 0.342 e. The van der Waals surface area contributed by atoms with Gasteiger partial charge in [-0.3, -0.25) is 0 Å². The standard InChI is InChI=1S/C20H20O7/c1-18-7-11(9-4-6-24-8-9)25-16(21)10(18)3-5-19(2)14(18)12-13-15(26-13)20(19,23)17(22)27-12/h3-4,6,8,11-15,23H,5,7H2,1-2H3/t11-,12+,13-,14?,15-,18+,19+,20-/m1/s1. The first-order chi connectivity index (χ1) is 12.8. The first kappa shape index (κ1) is 15.9. The van der Waals surface area contributed by atoms with Crippen molar-refractivity contribution in [3.63, 3.8) is 0 Å². The number of fused-ring (bicyclic) bond motifs is 2. The average molecular weight is 372 g/mol. The van der Waals surface area contributed by atoms with Crippen molar-refractivity contribution in [1.29, 1.82) is 0 Å². The zero-order chi connectivity index (χ0) is 18.8. The van der Waals surface area contributed by atoms with Crippen LogP contribution in [0.15, 0.2) is 34.7 Å². The van der Waals surface area contributed by atoms with Gasteiger partial charge in [0.25, 0.3) is 0 Å². The van der Waals surface area contributed by atoms with E-state index in [-0.39, 0.29) is 18.0 Å². The zero-order valence-corrected chi connectivity index (χ0v) is 15.0. The highest BCUT2D eigenvalue weighted by Crippen LogP contribution is 2.70. The van der Waals surface area contributed by atoms with Crippen LogP contribution in [0.5, 0.6) is 0 Å². The van der Waals surface area contributed by atoms with E-state index in [4.69, 9.17) is 18.6 Å². The van der Waals surface area contributed by atoms with Crippen molar-refractivity contribution in [2.45, 2.75) is 56.7 Å². The lowest BCUT2D eigenvalue weighted by Gasteiger charge is -2.63. The van der Waals surface area contributed by atoms with Crippen LogP contribution in [0.4, 0.5) is 0 Å². The molecule has 1 aromatic heterocycles. The molecule has 2 aliphatic carbocycles. The fraction of sp³-hybridized carbons (Fsp3) is 0.600. The molecule has 0 radical (unpaired) electrons. The molecule has 0 aromatic carbocycles. The van der Waals surface area contributed by atoms with E-state index in [2.05, 4.69) is 0 Å². The number of allylic oxidation sites excluding steroid dienone is 1. The third-order valence-corrected chi connectivity index (χ3v) is 7.73. The molecule has 1 saturated carbocycles. The fourth-order valence-electron chi connectivity index (χ4n) is 6.40. The normalized spacial score (nSPS) is 52.1. The van der Waals surface area contributed by atoms with Gasteiger partial charge >= 0.3 is 11.9 Å². The quantitative estimate of drug-likeness (QED) is 0.591. The topological polar surface area (TPSA) is 98.5 Å². The molecule has 142 valence electrons. The van der Waals surface area contributed by atoms with Crippen LogP contribution < -0.4 is 0 Å². The lowest BCUT2D eigenvalue weighted by molar-refractivity contribution is -0.258. The molecule has 0 amide bonds. The number of esters is 2. The number of hydrogen-bond donors (Lipinski definition) is 1. The maximum atomic E-state index is 12.8. The number of hydrogen-bond acceptors (Lipinski definition) is 7. The van der Waals surface area contributed by atoms with Gasteiger partial charge in [0.05, 0.1) is 12.5 Å². The molecule has 0 spiro atoms. The molecule has 7 nitrogen and oxygen atoms in total. The van der Waals surface area contributed by atoms with Crippen LogP contribution in [0.25, 0.3) is 0 Å². The van der Waals surface area contributed by atoms with Gasteiger partial charge in [0.2, 0.25) is 0 Å². The highest BCUT2D eigenvalue weighted by atomic mass is 16.7. The molecule has 6 aliphatic rings. The second kappa shape index (κ2) is 4.47. The Balaban J connectivity index is 1.51. The second-order valence-corrected chi connectivity index (χ2v) is 8.95. The van der Waals surface area contributed by atoms with E-state index < -0.39 is 40.7 Å². The van der Waals surface area contributed by atoms with Crippen molar-refractivity contribution in [2.75, 3.05) is 0 Å². The van der Waals surface area contributed by atoms with E-state index in [1.165, 1.54) is 0 Å². The van der Waals surface area contributed by atoms with Gasteiger partial charge < -0.3 is 23.7 Å². The molecule has 4 aliphatic heterocycles. The monoisotopic (exact) mass is 372 g/mol. The third-order valence-electron chi connectivity index (χ3n) is 7.73. The van der Waals surface area contributed by atoms with Crippen molar-refractivity contribution in [1.82, 2.24) is 0 Å². The summed E-state index contributed by atoms with van der Waals surface area (Å²) < 4.78 is 22.2. The molecule has 4 saturated heterocycles. The van der Waals surface area contributed by atoms with Crippen LogP contribution in [0.1, 0.15) is 38.4 Å². The van der Waals surface area contributed by atoms with E-state index in [1.807, 2.05) is 19.9 Å². The second-order valence-electron chi connectivity index (χ2n) is 8.95. The number of cyclic esters (lactones) is 1. The molecule has 2 bridgehead atoms. The van der Waals surface area contributed by atoms with Crippen molar-refractivity contribution in [3.8, 4) is 0 Å². The number of ether oxygens (including phenoxy) is 3. The maximum absolute atomic E-state index is 12.8. The molecular formula is C20H20O7. The van der Waals surface area contributed by atoms with E-state index in [9.17, 15) is 14.7 Å². The van der Waals surface area contributed by atoms with Gasteiger partial charge in [0.1, 0.15) is 24.4 Å². The number of aliphatic hydroxyl groups is 1. The Morgan fingerprint density at radius 2 is 2.00 bits per heavy atom. The van der Waals surface area contributed by atoms with Crippen LogP contribution >= 0.6 is 0 Å². The molecule has 7 heteroatoms. The van der Waals surface area contributed by atoms with E-state index in [0.717, 1.165) is 5.56 Å². The summed E-state index contributed by atoms with van der Waals surface area (Å²) in [6, 6.07) is 1.79. The summed E-state index contributed by atoms with van der Waals surface area (Å²) in [7, 11) is 0. The van der Waals surface area contributed by atoms with Gasteiger partial charge in [-0.2, -0.15) is 0 Å². The average Bonchev–Trinajstić information content (AvgIpc) is 3.24. The zero-order valence-electron chi connectivity index (χ0n) is 15.0. The number of epoxide rings is 1. The minimum absolute atomic E-state index is 0.237. The summed E-state index contributed by atoms with van der Waals surface area (Å²) in [5.41, 5.74) is -1.65. The Bertz CT molecular complexity index is 903. The number of furan rings is 1. The molecule has 8 atom stereocenters. The predicted octanol–water partition coefficient (Wildman–Crippen LogP) is 1.66. The van der Waals surface area contributed by atoms with Gasteiger partial charge in [0, 0.05) is 27.9 Å². The Hall–Kier alpha value is -2.12. The lowest BCUT2D eigenvalue weighted by atomic mass is 9.43. The SMILES string of the molecule is C[C@]12C[C@H](c3ccoc3)OC(=O)C1=CC[C@@]1(C)C2[C@H]2OC(=O)[C@]1(O)[C@@H]1O[C@H]21. The number of carbonyl (C=O) groups is 2. The minimum atomic E-state index is -1.69. The van der Waals surface area contributed by atoms with Crippen molar-refractivity contribution < 1.29 is 33.3 Å². The van der Waals surface area contributed by atoms with Crippen LogP contribution in [0.2, 0.25) is 0 Å². The molecule has 7 rings (SSSR count). The van der Waals surface area contributed by atoms with Crippen molar-refractivity contribution in [2.24, 2.45) is 16.7 Å². The first-order valence-corrected chi connectivity index (χ1v) is 9.33. The summed E-state index contributed by atoms with van der Waals surface area (Å²) in [4.78, 5) is 25.4.